The molecule has 0 radical (unpaired) electrons. The molecule has 3 unspecified atom stereocenters. The molecule has 88 valence electrons. The predicted octanol–water partition coefficient (Wildman–Crippen LogP) is 0.881. The van der Waals surface area contributed by atoms with Gasteiger partial charge in [0.25, 0.3) is 0 Å². The Kier molecular flexibility index (Phi) is 5.08. The SMILES string of the molecule is COC1/C=C\N(C)CCC(OC)C1OC. The molecule has 1 aliphatic heterocycles. The highest BCUT2D eigenvalue weighted by molar-refractivity contribution is 4.98. The highest BCUT2D eigenvalue weighted by Gasteiger charge is 2.29. The molecule has 0 saturated carbocycles. The molecule has 0 amide bonds. The minimum Gasteiger partial charge on any atom is -0.380 e. The van der Waals surface area contributed by atoms with Gasteiger partial charge in [-0.15, -0.1) is 0 Å². The minimum atomic E-state index is -0.0531. The first kappa shape index (κ1) is 12.5. The maximum Gasteiger partial charge on any atom is 0.113 e. The summed E-state index contributed by atoms with van der Waals surface area (Å²) in [5, 5.41) is 0. The van der Waals surface area contributed by atoms with Gasteiger partial charge >= 0.3 is 0 Å². The molecule has 1 heterocycles. The van der Waals surface area contributed by atoms with Crippen LogP contribution in [0.5, 0.6) is 0 Å². The Morgan fingerprint density at radius 3 is 2.40 bits per heavy atom. The van der Waals surface area contributed by atoms with Crippen LogP contribution in [0.3, 0.4) is 0 Å². The number of nitrogens with zero attached hydrogens (tertiary/aromatic N) is 1. The summed E-state index contributed by atoms with van der Waals surface area (Å²) < 4.78 is 16.3. The average Bonchev–Trinajstić information content (AvgIpc) is 2.24. The second kappa shape index (κ2) is 6.10. The fourth-order valence-electron chi connectivity index (χ4n) is 1.87. The Morgan fingerprint density at radius 1 is 1.13 bits per heavy atom. The molecule has 0 aromatic rings. The molecule has 15 heavy (non-hydrogen) atoms. The van der Waals surface area contributed by atoms with Gasteiger partial charge in [0.2, 0.25) is 0 Å². The minimum absolute atomic E-state index is 0.0371. The van der Waals surface area contributed by atoms with Crippen LogP contribution in [0.15, 0.2) is 12.3 Å². The molecule has 0 fully saturated rings. The molecule has 0 aromatic heterocycles. The van der Waals surface area contributed by atoms with Crippen molar-refractivity contribution in [3.05, 3.63) is 12.3 Å². The molecule has 3 atom stereocenters. The predicted molar refractivity (Wildman–Crippen MR) is 58.8 cm³/mol. The lowest BCUT2D eigenvalue weighted by Crippen LogP contribution is -2.43. The van der Waals surface area contributed by atoms with Crippen LogP contribution >= 0.6 is 0 Å². The van der Waals surface area contributed by atoms with Crippen LogP contribution in [0.1, 0.15) is 6.42 Å². The van der Waals surface area contributed by atoms with Crippen LogP contribution in [-0.2, 0) is 14.2 Å². The van der Waals surface area contributed by atoms with Crippen LogP contribution in [0.4, 0.5) is 0 Å². The quantitative estimate of drug-likeness (QED) is 0.699. The molecule has 4 heteroatoms. The second-order valence-corrected chi connectivity index (χ2v) is 3.79. The molecule has 0 bridgehead atoms. The van der Waals surface area contributed by atoms with Gasteiger partial charge in [-0.05, 0) is 18.7 Å². The van der Waals surface area contributed by atoms with Crippen molar-refractivity contribution in [3.63, 3.8) is 0 Å². The maximum absolute atomic E-state index is 5.45. The van der Waals surface area contributed by atoms with E-state index in [4.69, 9.17) is 14.2 Å². The molecule has 0 aliphatic carbocycles. The van der Waals surface area contributed by atoms with E-state index in [9.17, 15) is 0 Å². The van der Waals surface area contributed by atoms with E-state index in [0.29, 0.717) is 0 Å². The van der Waals surface area contributed by atoms with E-state index in [0.717, 1.165) is 13.0 Å². The molecule has 0 spiro atoms. The van der Waals surface area contributed by atoms with Crippen LogP contribution < -0.4 is 0 Å². The fraction of sp³-hybridized carbons (Fsp3) is 0.818. The van der Waals surface area contributed by atoms with E-state index in [1.54, 1.807) is 21.3 Å². The van der Waals surface area contributed by atoms with E-state index in [1.807, 2.05) is 19.3 Å². The summed E-state index contributed by atoms with van der Waals surface area (Å²) in [4.78, 5) is 2.13. The van der Waals surface area contributed by atoms with E-state index in [-0.39, 0.29) is 18.3 Å². The topological polar surface area (TPSA) is 30.9 Å². The largest absolute Gasteiger partial charge is 0.380 e. The van der Waals surface area contributed by atoms with Crippen LogP contribution in [-0.4, -0.2) is 58.1 Å². The third-order valence-electron chi connectivity index (χ3n) is 2.83. The lowest BCUT2D eigenvalue weighted by atomic mass is 10.0. The summed E-state index contributed by atoms with van der Waals surface area (Å²) in [6.07, 6.45) is 4.97. The molecule has 1 rings (SSSR count). The first-order chi connectivity index (χ1) is 7.22. The lowest BCUT2D eigenvalue weighted by Gasteiger charge is -2.32. The van der Waals surface area contributed by atoms with Gasteiger partial charge in [-0.2, -0.15) is 0 Å². The Balaban J connectivity index is 2.79. The molecule has 0 saturated heterocycles. The molecule has 0 N–H and O–H groups in total. The summed E-state index contributed by atoms with van der Waals surface area (Å²) in [6.45, 7) is 0.964. The summed E-state index contributed by atoms with van der Waals surface area (Å²) in [5.74, 6) is 0. The highest BCUT2D eigenvalue weighted by atomic mass is 16.6. The first-order valence-electron chi connectivity index (χ1n) is 5.20. The Morgan fingerprint density at radius 2 is 1.87 bits per heavy atom. The summed E-state index contributed by atoms with van der Waals surface area (Å²) >= 11 is 0. The van der Waals surface area contributed by atoms with Gasteiger partial charge < -0.3 is 19.1 Å². The smallest absolute Gasteiger partial charge is 0.113 e. The average molecular weight is 215 g/mol. The lowest BCUT2D eigenvalue weighted by molar-refractivity contribution is -0.0969. The number of ether oxygens (including phenoxy) is 3. The van der Waals surface area contributed by atoms with Crippen molar-refractivity contribution in [3.8, 4) is 0 Å². The fourth-order valence-corrected chi connectivity index (χ4v) is 1.87. The van der Waals surface area contributed by atoms with Gasteiger partial charge in [-0.1, -0.05) is 0 Å². The third kappa shape index (κ3) is 3.19. The van der Waals surface area contributed by atoms with E-state index >= 15 is 0 Å². The molecule has 1 aliphatic rings. The van der Waals surface area contributed by atoms with E-state index < -0.39 is 0 Å². The molecule has 0 aromatic carbocycles. The summed E-state index contributed by atoms with van der Waals surface area (Å²) in [7, 11) is 7.15. The van der Waals surface area contributed by atoms with Crippen molar-refractivity contribution in [2.24, 2.45) is 0 Å². The Hall–Kier alpha value is -0.580. The van der Waals surface area contributed by atoms with Gasteiger partial charge in [0.05, 0.1) is 6.10 Å². The zero-order valence-electron chi connectivity index (χ0n) is 9.97. The van der Waals surface area contributed by atoms with Gasteiger partial charge in [0, 0.05) is 34.9 Å². The number of rotatable bonds is 3. The zero-order valence-corrected chi connectivity index (χ0v) is 9.97. The second-order valence-electron chi connectivity index (χ2n) is 3.79. The maximum atomic E-state index is 5.45. The van der Waals surface area contributed by atoms with Crippen molar-refractivity contribution in [2.45, 2.75) is 24.7 Å². The Labute approximate surface area is 91.8 Å². The van der Waals surface area contributed by atoms with Crippen molar-refractivity contribution in [1.82, 2.24) is 4.90 Å². The zero-order chi connectivity index (χ0) is 11.3. The van der Waals surface area contributed by atoms with Crippen molar-refractivity contribution in [1.29, 1.82) is 0 Å². The summed E-state index contributed by atoms with van der Waals surface area (Å²) in [6, 6.07) is 0. The van der Waals surface area contributed by atoms with E-state index in [1.165, 1.54) is 0 Å². The van der Waals surface area contributed by atoms with Gasteiger partial charge in [-0.3, -0.25) is 0 Å². The van der Waals surface area contributed by atoms with Crippen LogP contribution in [0.25, 0.3) is 0 Å². The Bertz CT molecular complexity index is 208. The normalized spacial score (nSPS) is 34.7. The van der Waals surface area contributed by atoms with Gasteiger partial charge in [-0.25, -0.2) is 0 Å². The monoisotopic (exact) mass is 215 g/mol. The summed E-state index contributed by atoms with van der Waals surface area (Å²) in [5.41, 5.74) is 0. The van der Waals surface area contributed by atoms with Crippen molar-refractivity contribution >= 4 is 0 Å². The molecular formula is C11H21NO3. The van der Waals surface area contributed by atoms with E-state index in [2.05, 4.69) is 4.90 Å². The standard InChI is InChI=1S/C11H21NO3/c1-12-7-5-9(13-2)11(15-4)10(14-3)6-8-12/h5,7,9-11H,6,8H2,1-4H3/b7-5-. The number of hydrogen-bond acceptors (Lipinski definition) is 4. The molecular weight excluding hydrogens is 194 g/mol. The van der Waals surface area contributed by atoms with Crippen LogP contribution in [0.2, 0.25) is 0 Å². The van der Waals surface area contributed by atoms with Gasteiger partial charge in [0.15, 0.2) is 0 Å². The first-order valence-corrected chi connectivity index (χ1v) is 5.20. The number of methoxy groups -OCH3 is 3. The van der Waals surface area contributed by atoms with Gasteiger partial charge in [0.1, 0.15) is 12.2 Å². The van der Waals surface area contributed by atoms with Crippen LogP contribution in [0, 0.1) is 0 Å². The van der Waals surface area contributed by atoms with Crippen molar-refractivity contribution in [2.75, 3.05) is 34.9 Å². The third-order valence-corrected chi connectivity index (χ3v) is 2.83. The highest BCUT2D eigenvalue weighted by Crippen LogP contribution is 2.17. The molecule has 4 nitrogen and oxygen atoms in total. The number of hydrogen-bond donors (Lipinski definition) is 0. The van der Waals surface area contributed by atoms with Crippen molar-refractivity contribution < 1.29 is 14.2 Å².